The van der Waals surface area contributed by atoms with Crippen LogP contribution in [0.1, 0.15) is 5.56 Å². The maximum Gasteiger partial charge on any atom is 0.237 e. The second-order valence-corrected chi connectivity index (χ2v) is 3.88. The molecule has 0 aliphatic rings. The average Bonchev–Trinajstić information content (AvgIpc) is 2.33. The van der Waals surface area contributed by atoms with Crippen molar-refractivity contribution < 1.29 is 0 Å². The lowest BCUT2D eigenvalue weighted by atomic mass is 10.1. The molecule has 88 valence electrons. The van der Waals surface area contributed by atoms with Gasteiger partial charge in [0.2, 0.25) is 5.71 Å². The van der Waals surface area contributed by atoms with Crippen molar-refractivity contribution in [3.8, 4) is 18.2 Å². The normalized spacial score (nSPS) is 8.61. The Hall–Kier alpha value is -2.26. The highest BCUT2D eigenvalue weighted by molar-refractivity contribution is 6.39. The van der Waals surface area contributed by atoms with E-state index in [-0.39, 0.29) is 27.9 Å². The Bertz CT molecular complexity index is 577. The number of rotatable bonds is 3. The maximum atomic E-state index is 8.57. The molecule has 0 aliphatic carbocycles. The monoisotopic (exact) mass is 277 g/mol. The van der Waals surface area contributed by atoms with E-state index < -0.39 is 0 Å². The van der Waals surface area contributed by atoms with E-state index in [0.717, 1.165) is 0 Å². The Balaban J connectivity index is 3.07. The molecule has 1 rings (SSSR count). The average molecular weight is 278 g/mol. The maximum absolute atomic E-state index is 8.57. The molecule has 0 atom stereocenters. The standard InChI is InChI=1S/C11H5Cl2N5/c12-9-3-7(1-2-14)4-10(13)11(9)18-17-8(5-15)6-16/h3-4,18H,1H2. The number of nitrogens with one attached hydrogen (secondary N) is 1. The van der Waals surface area contributed by atoms with Gasteiger partial charge in [-0.1, -0.05) is 23.2 Å². The van der Waals surface area contributed by atoms with Crippen LogP contribution >= 0.6 is 23.2 Å². The molecule has 0 amide bonds. The van der Waals surface area contributed by atoms with Crippen molar-refractivity contribution in [2.24, 2.45) is 5.10 Å². The van der Waals surface area contributed by atoms with Crippen LogP contribution in [-0.2, 0) is 6.42 Å². The van der Waals surface area contributed by atoms with Gasteiger partial charge in [-0.15, -0.1) is 0 Å². The van der Waals surface area contributed by atoms with Crippen molar-refractivity contribution in [2.45, 2.75) is 6.42 Å². The Kier molecular flexibility index (Phi) is 4.96. The first-order valence-corrected chi connectivity index (χ1v) is 5.36. The molecule has 0 unspecified atom stereocenters. The third-order valence-electron chi connectivity index (χ3n) is 1.88. The Morgan fingerprint density at radius 3 is 2.17 bits per heavy atom. The summed E-state index contributed by atoms with van der Waals surface area (Å²) in [4.78, 5) is 0. The molecule has 18 heavy (non-hydrogen) atoms. The topological polar surface area (TPSA) is 95.8 Å². The van der Waals surface area contributed by atoms with E-state index >= 15 is 0 Å². The Morgan fingerprint density at radius 1 is 1.17 bits per heavy atom. The van der Waals surface area contributed by atoms with Gasteiger partial charge < -0.3 is 0 Å². The van der Waals surface area contributed by atoms with Crippen LogP contribution in [0.2, 0.25) is 10.0 Å². The zero-order valence-electron chi connectivity index (χ0n) is 8.91. The molecule has 5 nitrogen and oxygen atoms in total. The summed E-state index contributed by atoms with van der Waals surface area (Å²) in [6.45, 7) is 0. The van der Waals surface area contributed by atoms with E-state index in [1.807, 2.05) is 6.07 Å². The minimum Gasteiger partial charge on any atom is -0.273 e. The number of nitriles is 3. The first kappa shape index (κ1) is 13.8. The lowest BCUT2D eigenvalue weighted by Crippen LogP contribution is -1.98. The molecule has 1 N–H and O–H groups in total. The van der Waals surface area contributed by atoms with Gasteiger partial charge in [-0.25, -0.2) is 0 Å². The number of hydrogen-bond donors (Lipinski definition) is 1. The summed E-state index contributed by atoms with van der Waals surface area (Å²) in [5, 5.41) is 29.6. The van der Waals surface area contributed by atoms with Crippen molar-refractivity contribution in [3.05, 3.63) is 27.7 Å². The summed E-state index contributed by atoms with van der Waals surface area (Å²) in [6, 6.07) is 8.28. The number of halogens is 2. The molecule has 0 spiro atoms. The summed E-state index contributed by atoms with van der Waals surface area (Å²) in [5.41, 5.74) is 3.05. The lowest BCUT2D eigenvalue weighted by molar-refractivity contribution is 1.25. The lowest BCUT2D eigenvalue weighted by Gasteiger charge is -2.07. The fourth-order valence-electron chi connectivity index (χ4n) is 1.11. The van der Waals surface area contributed by atoms with E-state index in [2.05, 4.69) is 10.5 Å². The number of nitrogens with zero attached hydrogens (tertiary/aromatic N) is 4. The predicted octanol–water partition coefficient (Wildman–Crippen LogP) is 2.87. The summed E-state index contributed by atoms with van der Waals surface area (Å²) in [6.07, 6.45) is 0.185. The third-order valence-corrected chi connectivity index (χ3v) is 2.47. The van der Waals surface area contributed by atoms with Gasteiger partial charge in [0, 0.05) is 0 Å². The number of anilines is 1. The molecule has 0 heterocycles. The third kappa shape index (κ3) is 3.37. The summed E-state index contributed by atoms with van der Waals surface area (Å²) in [7, 11) is 0. The Labute approximate surface area is 113 Å². The van der Waals surface area contributed by atoms with Crippen LogP contribution in [0.25, 0.3) is 0 Å². The smallest absolute Gasteiger partial charge is 0.237 e. The van der Waals surface area contributed by atoms with E-state index in [1.54, 1.807) is 24.3 Å². The zero-order valence-corrected chi connectivity index (χ0v) is 10.4. The molecule has 0 bridgehead atoms. The molecule has 1 aromatic carbocycles. The molecule has 7 heteroatoms. The highest BCUT2D eigenvalue weighted by Gasteiger charge is 2.08. The highest BCUT2D eigenvalue weighted by Crippen LogP contribution is 2.32. The quantitative estimate of drug-likeness (QED) is 0.679. The highest BCUT2D eigenvalue weighted by atomic mass is 35.5. The van der Waals surface area contributed by atoms with Crippen molar-refractivity contribution in [1.82, 2.24) is 0 Å². The van der Waals surface area contributed by atoms with Gasteiger partial charge in [0.1, 0.15) is 12.1 Å². The number of benzene rings is 1. The van der Waals surface area contributed by atoms with Crippen LogP contribution in [0.15, 0.2) is 17.2 Å². The van der Waals surface area contributed by atoms with E-state index in [1.165, 1.54) is 0 Å². The van der Waals surface area contributed by atoms with Crippen molar-refractivity contribution in [2.75, 3.05) is 5.43 Å². The molecule has 0 fully saturated rings. The van der Waals surface area contributed by atoms with Crippen LogP contribution in [0.3, 0.4) is 0 Å². The van der Waals surface area contributed by atoms with Crippen molar-refractivity contribution in [1.29, 1.82) is 15.8 Å². The largest absolute Gasteiger partial charge is 0.273 e. The second kappa shape index (κ2) is 6.47. The fraction of sp³-hybridized carbons (Fsp3) is 0.0909. The molecular formula is C11H5Cl2N5. The molecule has 1 aromatic rings. The van der Waals surface area contributed by atoms with Gasteiger partial charge in [0.15, 0.2) is 0 Å². The molecular weight excluding hydrogens is 273 g/mol. The SMILES string of the molecule is N#CCc1cc(Cl)c(NN=C(C#N)C#N)c(Cl)c1. The first-order chi connectivity index (χ1) is 8.62. The summed E-state index contributed by atoms with van der Waals surface area (Å²) >= 11 is 11.9. The van der Waals surface area contributed by atoms with E-state index in [9.17, 15) is 0 Å². The number of hydrogen-bond acceptors (Lipinski definition) is 5. The molecule has 0 saturated carbocycles. The minimum atomic E-state index is -0.344. The van der Waals surface area contributed by atoms with E-state index in [4.69, 9.17) is 39.0 Å². The van der Waals surface area contributed by atoms with Crippen molar-refractivity contribution >= 4 is 34.6 Å². The van der Waals surface area contributed by atoms with Crippen LogP contribution in [0.5, 0.6) is 0 Å². The van der Waals surface area contributed by atoms with Gasteiger partial charge >= 0.3 is 0 Å². The molecule has 0 saturated heterocycles. The van der Waals surface area contributed by atoms with Crippen LogP contribution in [0, 0.1) is 34.0 Å². The summed E-state index contributed by atoms with van der Waals surface area (Å²) in [5.74, 6) is 0. The van der Waals surface area contributed by atoms with Crippen LogP contribution < -0.4 is 5.43 Å². The molecule has 0 aromatic heterocycles. The van der Waals surface area contributed by atoms with Gasteiger partial charge in [0.25, 0.3) is 0 Å². The minimum absolute atomic E-state index is 0.185. The van der Waals surface area contributed by atoms with Crippen molar-refractivity contribution in [3.63, 3.8) is 0 Å². The molecule has 0 radical (unpaired) electrons. The number of hydrazone groups is 1. The van der Waals surface area contributed by atoms with Gasteiger partial charge in [-0.2, -0.15) is 20.9 Å². The van der Waals surface area contributed by atoms with Gasteiger partial charge in [-0.05, 0) is 17.7 Å². The first-order valence-electron chi connectivity index (χ1n) is 4.61. The Morgan fingerprint density at radius 2 is 1.72 bits per heavy atom. The predicted molar refractivity (Wildman–Crippen MR) is 68.1 cm³/mol. The second-order valence-electron chi connectivity index (χ2n) is 3.07. The fourth-order valence-corrected chi connectivity index (χ4v) is 1.73. The zero-order chi connectivity index (χ0) is 13.5. The van der Waals surface area contributed by atoms with Crippen LogP contribution in [0.4, 0.5) is 5.69 Å². The van der Waals surface area contributed by atoms with E-state index in [0.29, 0.717) is 5.56 Å². The molecule has 0 aliphatic heterocycles. The van der Waals surface area contributed by atoms with Crippen LogP contribution in [-0.4, -0.2) is 5.71 Å². The van der Waals surface area contributed by atoms with Gasteiger partial charge in [-0.3, -0.25) is 5.43 Å². The van der Waals surface area contributed by atoms with Gasteiger partial charge in [0.05, 0.1) is 28.2 Å². The summed E-state index contributed by atoms with van der Waals surface area (Å²) < 4.78 is 0.